The van der Waals surface area contributed by atoms with E-state index in [1.807, 2.05) is 6.07 Å². The van der Waals surface area contributed by atoms with Gasteiger partial charge in [0, 0.05) is 29.8 Å². The van der Waals surface area contributed by atoms with Crippen LogP contribution in [0.15, 0.2) is 17.4 Å². The normalized spacial score (nSPS) is 16.3. The predicted octanol–water partition coefficient (Wildman–Crippen LogP) is 1.14. The van der Waals surface area contributed by atoms with E-state index >= 15 is 0 Å². The first-order valence-electron chi connectivity index (χ1n) is 5.82. The number of hydrogen-bond acceptors (Lipinski definition) is 5. The minimum absolute atomic E-state index is 0.161. The van der Waals surface area contributed by atoms with Crippen LogP contribution in [-0.4, -0.2) is 34.4 Å². The molecule has 1 aliphatic rings. The Kier molecular flexibility index (Phi) is 3.99. The number of nitrogens with one attached hydrogen (secondary N) is 1. The number of hydrogen-bond donors (Lipinski definition) is 3. The van der Waals surface area contributed by atoms with Gasteiger partial charge in [-0.1, -0.05) is 5.11 Å². The van der Waals surface area contributed by atoms with Crippen LogP contribution in [0.2, 0.25) is 0 Å². The lowest BCUT2D eigenvalue weighted by atomic mass is 10.0. The molecule has 0 radical (unpaired) electrons. The molecule has 7 heteroatoms. The maximum absolute atomic E-state index is 9.97. The summed E-state index contributed by atoms with van der Waals surface area (Å²) in [6.45, 7) is 1.01. The maximum Gasteiger partial charge on any atom is 0.129 e. The van der Waals surface area contributed by atoms with E-state index in [9.17, 15) is 10.2 Å². The van der Waals surface area contributed by atoms with Gasteiger partial charge in [-0.25, -0.2) is 4.98 Å². The maximum atomic E-state index is 9.97. The minimum atomic E-state index is -1.00. The third-order valence-corrected chi connectivity index (χ3v) is 2.97. The SMILES string of the molecule is [N-]=[N+]=NCCC(O)C(O)c1cnc2c(c1)CCN2. The molecule has 0 aliphatic carbocycles. The number of aliphatic hydroxyl groups is 2. The molecule has 7 nitrogen and oxygen atoms in total. The van der Waals surface area contributed by atoms with Crippen molar-refractivity contribution in [3.8, 4) is 0 Å². The Morgan fingerprint density at radius 3 is 3.17 bits per heavy atom. The minimum Gasteiger partial charge on any atom is -0.390 e. The largest absolute Gasteiger partial charge is 0.390 e. The Morgan fingerprint density at radius 2 is 2.39 bits per heavy atom. The van der Waals surface area contributed by atoms with Crippen molar-refractivity contribution in [2.24, 2.45) is 5.11 Å². The van der Waals surface area contributed by atoms with E-state index in [-0.39, 0.29) is 13.0 Å². The summed E-state index contributed by atoms with van der Waals surface area (Å²) >= 11 is 0. The number of rotatable bonds is 5. The zero-order valence-electron chi connectivity index (χ0n) is 9.82. The Bertz CT molecular complexity index is 473. The van der Waals surface area contributed by atoms with Crippen LogP contribution in [-0.2, 0) is 6.42 Å². The van der Waals surface area contributed by atoms with Gasteiger partial charge >= 0.3 is 0 Å². The van der Waals surface area contributed by atoms with Crippen LogP contribution in [0.3, 0.4) is 0 Å². The third kappa shape index (κ3) is 2.70. The molecular weight excluding hydrogens is 234 g/mol. The lowest BCUT2D eigenvalue weighted by Gasteiger charge is -2.17. The standard InChI is InChI=1S/C11H15N5O2/c12-16-15-4-2-9(17)10(18)8-5-7-1-3-13-11(7)14-6-8/h5-6,9-10,17-18H,1-4H2,(H,13,14). The Morgan fingerprint density at radius 1 is 1.56 bits per heavy atom. The summed E-state index contributed by atoms with van der Waals surface area (Å²) < 4.78 is 0. The van der Waals surface area contributed by atoms with E-state index in [4.69, 9.17) is 5.53 Å². The van der Waals surface area contributed by atoms with Crippen molar-refractivity contribution in [3.05, 3.63) is 33.8 Å². The van der Waals surface area contributed by atoms with E-state index < -0.39 is 12.2 Å². The van der Waals surface area contributed by atoms with Gasteiger partial charge in [0.05, 0.1) is 6.10 Å². The molecule has 0 bridgehead atoms. The number of aliphatic hydroxyl groups excluding tert-OH is 2. The molecule has 2 heterocycles. The van der Waals surface area contributed by atoms with Crippen LogP contribution in [0.25, 0.3) is 10.4 Å². The number of anilines is 1. The molecule has 0 saturated carbocycles. The van der Waals surface area contributed by atoms with Crippen LogP contribution < -0.4 is 5.32 Å². The summed E-state index contributed by atoms with van der Waals surface area (Å²) in [4.78, 5) is 6.79. The van der Waals surface area contributed by atoms with Gasteiger partial charge in [-0.3, -0.25) is 0 Å². The van der Waals surface area contributed by atoms with E-state index in [1.54, 1.807) is 6.20 Å². The molecule has 0 saturated heterocycles. The van der Waals surface area contributed by atoms with Crippen molar-refractivity contribution in [3.63, 3.8) is 0 Å². The first-order valence-corrected chi connectivity index (χ1v) is 5.82. The molecule has 1 aliphatic heterocycles. The molecule has 18 heavy (non-hydrogen) atoms. The van der Waals surface area contributed by atoms with E-state index in [1.165, 1.54) is 0 Å². The first kappa shape index (κ1) is 12.6. The fourth-order valence-electron chi connectivity index (χ4n) is 1.97. The second-order valence-corrected chi connectivity index (χ2v) is 4.21. The van der Waals surface area contributed by atoms with Crippen LogP contribution in [0.4, 0.5) is 5.82 Å². The quantitative estimate of drug-likeness (QED) is 0.412. The second-order valence-electron chi connectivity index (χ2n) is 4.21. The van der Waals surface area contributed by atoms with E-state index in [0.717, 1.165) is 24.3 Å². The van der Waals surface area contributed by atoms with Gasteiger partial charge in [-0.15, -0.1) is 0 Å². The summed E-state index contributed by atoms with van der Waals surface area (Å²) in [6.07, 6.45) is 0.693. The molecule has 0 amide bonds. The van der Waals surface area contributed by atoms with Crippen molar-refractivity contribution in [2.45, 2.75) is 25.0 Å². The van der Waals surface area contributed by atoms with Crippen LogP contribution in [0, 0.1) is 0 Å². The molecule has 1 aromatic rings. The van der Waals surface area contributed by atoms with Gasteiger partial charge in [0.2, 0.25) is 0 Å². The molecular formula is C11H15N5O2. The fourth-order valence-corrected chi connectivity index (χ4v) is 1.97. The van der Waals surface area contributed by atoms with Crippen LogP contribution >= 0.6 is 0 Å². The number of azide groups is 1. The molecule has 1 aromatic heterocycles. The van der Waals surface area contributed by atoms with Gasteiger partial charge < -0.3 is 15.5 Å². The molecule has 2 unspecified atom stereocenters. The number of pyridine rings is 1. The van der Waals surface area contributed by atoms with Crippen LogP contribution in [0.5, 0.6) is 0 Å². The molecule has 96 valence electrons. The average molecular weight is 249 g/mol. The van der Waals surface area contributed by atoms with Gasteiger partial charge in [0.25, 0.3) is 0 Å². The average Bonchev–Trinajstić information content (AvgIpc) is 2.85. The fraction of sp³-hybridized carbons (Fsp3) is 0.545. The van der Waals surface area contributed by atoms with Crippen LogP contribution in [0.1, 0.15) is 23.7 Å². The zero-order valence-corrected chi connectivity index (χ0v) is 9.82. The highest BCUT2D eigenvalue weighted by Gasteiger charge is 2.20. The summed E-state index contributed by atoms with van der Waals surface area (Å²) in [7, 11) is 0. The molecule has 2 atom stereocenters. The first-order chi connectivity index (χ1) is 8.72. The zero-order chi connectivity index (χ0) is 13.0. The predicted molar refractivity (Wildman–Crippen MR) is 66.0 cm³/mol. The Hall–Kier alpha value is -1.82. The van der Waals surface area contributed by atoms with Crippen molar-refractivity contribution in [2.75, 3.05) is 18.4 Å². The van der Waals surface area contributed by atoms with Gasteiger partial charge in [0.1, 0.15) is 11.9 Å². The van der Waals surface area contributed by atoms with Crippen molar-refractivity contribution >= 4 is 5.82 Å². The number of fused-ring (bicyclic) bond motifs is 1. The second kappa shape index (κ2) is 5.68. The Labute approximate surface area is 104 Å². The van der Waals surface area contributed by atoms with Gasteiger partial charge in [0.15, 0.2) is 0 Å². The summed E-state index contributed by atoms with van der Waals surface area (Å²) in [5.41, 5.74) is 9.78. The molecule has 0 spiro atoms. The van der Waals surface area contributed by atoms with Gasteiger partial charge in [-0.2, -0.15) is 0 Å². The highest BCUT2D eigenvalue weighted by atomic mass is 16.3. The molecule has 0 fully saturated rings. The topological polar surface area (TPSA) is 114 Å². The lowest BCUT2D eigenvalue weighted by molar-refractivity contribution is 0.0148. The number of nitrogens with zero attached hydrogens (tertiary/aromatic N) is 4. The highest BCUT2D eigenvalue weighted by molar-refractivity contribution is 5.50. The molecule has 3 N–H and O–H groups in total. The Balaban J connectivity index is 2.03. The third-order valence-electron chi connectivity index (χ3n) is 2.97. The summed E-state index contributed by atoms with van der Waals surface area (Å²) in [5.74, 6) is 0.842. The summed E-state index contributed by atoms with van der Waals surface area (Å²) in [6, 6.07) is 1.85. The van der Waals surface area contributed by atoms with Crippen molar-refractivity contribution < 1.29 is 10.2 Å². The highest BCUT2D eigenvalue weighted by Crippen LogP contribution is 2.25. The van der Waals surface area contributed by atoms with Gasteiger partial charge in [-0.05, 0) is 30.0 Å². The summed E-state index contributed by atoms with van der Waals surface area (Å²) in [5, 5.41) is 26.2. The number of aromatic nitrogens is 1. The smallest absolute Gasteiger partial charge is 0.129 e. The van der Waals surface area contributed by atoms with Crippen molar-refractivity contribution in [1.29, 1.82) is 0 Å². The van der Waals surface area contributed by atoms with E-state index in [2.05, 4.69) is 20.3 Å². The lowest BCUT2D eigenvalue weighted by Crippen LogP contribution is -2.19. The van der Waals surface area contributed by atoms with E-state index in [0.29, 0.717) is 5.56 Å². The van der Waals surface area contributed by atoms with Crippen molar-refractivity contribution in [1.82, 2.24) is 4.98 Å². The molecule has 2 rings (SSSR count). The molecule has 0 aromatic carbocycles. The monoisotopic (exact) mass is 249 g/mol.